The molecule has 1 aromatic heterocycles. The molecule has 3 unspecified atom stereocenters. The van der Waals surface area contributed by atoms with Crippen molar-refractivity contribution in [2.45, 2.75) is 18.8 Å². The quantitative estimate of drug-likeness (QED) is 0.867. The largest absolute Gasteiger partial charge is 0.310 e. The van der Waals surface area contributed by atoms with Gasteiger partial charge in [-0.25, -0.2) is 9.97 Å². The van der Waals surface area contributed by atoms with E-state index in [1.807, 2.05) is 0 Å². The number of hydrogen-bond donors (Lipinski definition) is 1. The molecule has 1 aromatic carbocycles. The Kier molecular flexibility index (Phi) is 2.93. The number of nitrogens with one attached hydrogen (secondary N) is 1. The summed E-state index contributed by atoms with van der Waals surface area (Å²) in [4.78, 5) is 20.3. The maximum Gasteiger partial charge on any atom is 0.229 e. The molecule has 4 rings (SSSR count). The number of carbonyl (C=O) groups excluding carboxylic acids is 1. The van der Waals surface area contributed by atoms with Gasteiger partial charge in [-0.05, 0) is 53.5 Å². The van der Waals surface area contributed by atoms with Crippen LogP contribution in [-0.4, -0.2) is 15.9 Å². The monoisotopic (exact) mass is 299 g/mol. The molecule has 4 nitrogen and oxygen atoms in total. The van der Waals surface area contributed by atoms with Gasteiger partial charge < -0.3 is 5.32 Å². The van der Waals surface area contributed by atoms with Crippen molar-refractivity contribution in [3.63, 3.8) is 0 Å². The normalized spacial score (nSPS) is 25.7. The van der Waals surface area contributed by atoms with E-state index in [0.717, 1.165) is 12.8 Å². The van der Waals surface area contributed by atoms with Crippen molar-refractivity contribution in [3.05, 3.63) is 52.9 Å². The van der Waals surface area contributed by atoms with Crippen LogP contribution < -0.4 is 5.32 Å². The molecule has 1 heterocycles. The van der Waals surface area contributed by atoms with E-state index in [1.165, 1.54) is 11.1 Å². The predicted molar refractivity (Wildman–Crippen MR) is 80.2 cm³/mol. The molecular weight excluding hydrogens is 286 g/mol. The molecule has 0 spiro atoms. The summed E-state index contributed by atoms with van der Waals surface area (Å²) < 4.78 is 0. The Hall–Kier alpha value is -1.94. The average Bonchev–Trinajstić information content (AvgIpc) is 3.22. The number of hydrogen-bond acceptors (Lipinski definition) is 3. The predicted octanol–water partition coefficient (Wildman–Crippen LogP) is 3.04. The van der Waals surface area contributed by atoms with Gasteiger partial charge in [0.25, 0.3) is 0 Å². The van der Waals surface area contributed by atoms with Gasteiger partial charge in [0.2, 0.25) is 11.2 Å². The summed E-state index contributed by atoms with van der Waals surface area (Å²) in [7, 11) is 0. The summed E-state index contributed by atoms with van der Waals surface area (Å²) >= 11 is 5.74. The summed E-state index contributed by atoms with van der Waals surface area (Å²) in [6.07, 6.45) is 3.70. The molecule has 1 N–H and O–H groups in total. The van der Waals surface area contributed by atoms with E-state index in [9.17, 15) is 4.79 Å². The number of aryl methyl sites for hydroxylation is 1. The number of benzene rings is 1. The topological polar surface area (TPSA) is 54.9 Å². The van der Waals surface area contributed by atoms with Gasteiger partial charge >= 0.3 is 0 Å². The lowest BCUT2D eigenvalue weighted by atomic mass is 9.92. The van der Waals surface area contributed by atoms with Crippen molar-refractivity contribution in [2.75, 3.05) is 5.32 Å². The van der Waals surface area contributed by atoms with Gasteiger partial charge in [-0.2, -0.15) is 0 Å². The SMILES string of the molecule is O=C(Nc1ccnc(Cl)n1)C1C2CCc3ccccc3C21. The van der Waals surface area contributed by atoms with Crippen LogP contribution >= 0.6 is 11.6 Å². The van der Waals surface area contributed by atoms with Gasteiger partial charge in [0, 0.05) is 12.1 Å². The van der Waals surface area contributed by atoms with Gasteiger partial charge in [0.1, 0.15) is 5.82 Å². The first-order chi connectivity index (χ1) is 10.2. The van der Waals surface area contributed by atoms with Crippen LogP contribution in [0.3, 0.4) is 0 Å². The minimum Gasteiger partial charge on any atom is -0.310 e. The second-order valence-corrected chi connectivity index (χ2v) is 5.99. The number of amides is 1. The number of nitrogens with zero attached hydrogens (tertiary/aromatic N) is 2. The smallest absolute Gasteiger partial charge is 0.229 e. The number of rotatable bonds is 2. The minimum atomic E-state index is 0.0384. The highest BCUT2D eigenvalue weighted by Crippen LogP contribution is 2.60. The molecule has 21 heavy (non-hydrogen) atoms. The van der Waals surface area contributed by atoms with E-state index in [0.29, 0.717) is 17.7 Å². The van der Waals surface area contributed by atoms with E-state index in [-0.39, 0.29) is 17.1 Å². The Morgan fingerprint density at radius 3 is 3.00 bits per heavy atom. The highest BCUT2D eigenvalue weighted by atomic mass is 35.5. The lowest BCUT2D eigenvalue weighted by Gasteiger charge is -2.13. The zero-order valence-corrected chi connectivity index (χ0v) is 12.0. The summed E-state index contributed by atoms with van der Waals surface area (Å²) in [6, 6.07) is 10.1. The highest BCUT2D eigenvalue weighted by Gasteiger charge is 2.56. The first-order valence-corrected chi connectivity index (χ1v) is 7.49. The molecule has 106 valence electrons. The Morgan fingerprint density at radius 1 is 1.29 bits per heavy atom. The third-order valence-electron chi connectivity index (χ3n) is 4.51. The Labute approximate surface area is 127 Å². The molecule has 0 radical (unpaired) electrons. The van der Waals surface area contributed by atoms with Crippen molar-refractivity contribution in [1.82, 2.24) is 9.97 Å². The summed E-state index contributed by atoms with van der Waals surface area (Å²) in [5.41, 5.74) is 2.73. The van der Waals surface area contributed by atoms with Crippen molar-refractivity contribution in [2.24, 2.45) is 11.8 Å². The van der Waals surface area contributed by atoms with Crippen LogP contribution in [0.25, 0.3) is 0 Å². The third kappa shape index (κ3) is 2.20. The van der Waals surface area contributed by atoms with Crippen LogP contribution in [0.2, 0.25) is 5.28 Å². The summed E-state index contributed by atoms with van der Waals surface area (Å²) in [5, 5.41) is 3.00. The Bertz CT molecular complexity index is 718. The van der Waals surface area contributed by atoms with E-state index in [1.54, 1.807) is 12.3 Å². The van der Waals surface area contributed by atoms with Crippen LogP contribution in [-0.2, 0) is 11.2 Å². The number of halogens is 1. The van der Waals surface area contributed by atoms with Crippen LogP contribution in [0.5, 0.6) is 0 Å². The summed E-state index contributed by atoms with van der Waals surface area (Å²) in [6.45, 7) is 0. The third-order valence-corrected chi connectivity index (χ3v) is 4.69. The fraction of sp³-hybridized carbons (Fsp3) is 0.312. The summed E-state index contributed by atoms with van der Waals surface area (Å²) in [5.74, 6) is 1.40. The molecule has 3 atom stereocenters. The van der Waals surface area contributed by atoms with Gasteiger partial charge in [0.05, 0.1) is 0 Å². The second kappa shape index (κ2) is 4.81. The van der Waals surface area contributed by atoms with Crippen LogP contribution in [0, 0.1) is 11.8 Å². The first-order valence-electron chi connectivity index (χ1n) is 7.11. The first kappa shape index (κ1) is 12.8. The molecule has 5 heteroatoms. The molecule has 2 aromatic rings. The molecule has 0 bridgehead atoms. The maximum absolute atomic E-state index is 12.4. The van der Waals surface area contributed by atoms with Crippen LogP contribution in [0.15, 0.2) is 36.5 Å². The zero-order chi connectivity index (χ0) is 14.4. The molecule has 1 amide bonds. The second-order valence-electron chi connectivity index (χ2n) is 5.65. The fourth-order valence-electron chi connectivity index (χ4n) is 3.54. The number of carbonyl (C=O) groups is 1. The maximum atomic E-state index is 12.4. The highest BCUT2D eigenvalue weighted by molar-refractivity contribution is 6.28. The van der Waals surface area contributed by atoms with Crippen LogP contribution in [0.1, 0.15) is 23.5 Å². The molecular formula is C16H14ClN3O. The molecule has 0 saturated heterocycles. The number of fused-ring (bicyclic) bond motifs is 3. The van der Waals surface area contributed by atoms with Crippen molar-refractivity contribution in [1.29, 1.82) is 0 Å². The Balaban J connectivity index is 1.53. The van der Waals surface area contributed by atoms with Gasteiger partial charge in [-0.1, -0.05) is 24.3 Å². The van der Waals surface area contributed by atoms with Gasteiger partial charge in [0.15, 0.2) is 0 Å². The standard InChI is InChI=1S/C16H14ClN3O/c17-16-18-8-7-12(20-16)19-15(21)14-11-6-5-9-3-1-2-4-10(9)13(11)14/h1-4,7-8,11,13-14H,5-6H2,(H,18,19,20,21). The molecule has 0 aliphatic heterocycles. The number of anilines is 1. The lowest BCUT2D eigenvalue weighted by molar-refractivity contribution is -0.117. The average molecular weight is 300 g/mol. The Morgan fingerprint density at radius 2 is 2.14 bits per heavy atom. The minimum absolute atomic E-state index is 0.0384. The molecule has 2 aliphatic rings. The molecule has 2 aliphatic carbocycles. The van der Waals surface area contributed by atoms with Crippen molar-refractivity contribution >= 4 is 23.3 Å². The van der Waals surface area contributed by atoms with Crippen LogP contribution in [0.4, 0.5) is 5.82 Å². The van der Waals surface area contributed by atoms with E-state index in [4.69, 9.17) is 11.6 Å². The van der Waals surface area contributed by atoms with Crippen molar-refractivity contribution in [3.8, 4) is 0 Å². The van der Waals surface area contributed by atoms with E-state index < -0.39 is 0 Å². The van der Waals surface area contributed by atoms with Gasteiger partial charge in [-0.3, -0.25) is 4.79 Å². The molecule has 1 saturated carbocycles. The fourth-order valence-corrected chi connectivity index (χ4v) is 3.69. The van der Waals surface area contributed by atoms with Crippen molar-refractivity contribution < 1.29 is 4.79 Å². The number of aromatic nitrogens is 2. The zero-order valence-electron chi connectivity index (χ0n) is 11.3. The lowest BCUT2D eigenvalue weighted by Crippen LogP contribution is -2.16. The molecule has 1 fully saturated rings. The van der Waals surface area contributed by atoms with E-state index in [2.05, 4.69) is 39.6 Å². The van der Waals surface area contributed by atoms with E-state index >= 15 is 0 Å². The van der Waals surface area contributed by atoms with Gasteiger partial charge in [-0.15, -0.1) is 0 Å².